The van der Waals surface area contributed by atoms with Gasteiger partial charge in [0.25, 0.3) is 0 Å². The van der Waals surface area contributed by atoms with Crippen molar-refractivity contribution in [1.82, 2.24) is 5.32 Å². The summed E-state index contributed by atoms with van der Waals surface area (Å²) in [4.78, 5) is 2.45. The van der Waals surface area contributed by atoms with Crippen molar-refractivity contribution in [3.8, 4) is 0 Å². The third-order valence-electron chi connectivity index (χ3n) is 4.21. The van der Waals surface area contributed by atoms with Crippen LogP contribution >= 0.6 is 0 Å². The van der Waals surface area contributed by atoms with Crippen molar-refractivity contribution in [2.45, 2.75) is 59.0 Å². The molecular formula is C18H30N2. The van der Waals surface area contributed by atoms with Crippen LogP contribution in [0.5, 0.6) is 0 Å². The van der Waals surface area contributed by atoms with Crippen LogP contribution in [-0.4, -0.2) is 19.1 Å². The van der Waals surface area contributed by atoms with E-state index in [4.69, 9.17) is 0 Å². The Bertz CT molecular complexity index is 441. The van der Waals surface area contributed by atoms with Crippen LogP contribution in [0.25, 0.3) is 0 Å². The molecule has 1 aromatic rings. The lowest BCUT2D eigenvalue weighted by molar-refractivity contribution is 0.321. The van der Waals surface area contributed by atoms with E-state index < -0.39 is 0 Å². The van der Waals surface area contributed by atoms with E-state index in [9.17, 15) is 0 Å². The number of rotatable bonds is 5. The number of hydrogen-bond donors (Lipinski definition) is 1. The monoisotopic (exact) mass is 274 g/mol. The SMILES string of the molecule is Cc1ccc(N(C)CC2CCC2)c(CNC(C)(C)C)c1. The van der Waals surface area contributed by atoms with Gasteiger partial charge in [-0.15, -0.1) is 0 Å². The molecule has 1 aliphatic rings. The minimum atomic E-state index is 0.160. The standard InChI is InChI=1S/C18H30N2/c1-14-9-10-17(20(5)13-15-7-6-8-15)16(11-14)12-19-18(2,3)4/h9-11,15,19H,6-8,12-13H2,1-5H3. The van der Waals surface area contributed by atoms with Crippen LogP contribution in [0.3, 0.4) is 0 Å². The molecule has 1 aliphatic carbocycles. The predicted octanol–water partition coefficient (Wildman–Crippen LogP) is 4.12. The van der Waals surface area contributed by atoms with Gasteiger partial charge in [-0.05, 0) is 58.1 Å². The van der Waals surface area contributed by atoms with Crippen LogP contribution < -0.4 is 10.2 Å². The largest absolute Gasteiger partial charge is 0.374 e. The molecule has 0 atom stereocenters. The van der Waals surface area contributed by atoms with E-state index in [0.29, 0.717) is 0 Å². The Hall–Kier alpha value is -1.02. The molecule has 0 spiro atoms. The maximum atomic E-state index is 3.62. The van der Waals surface area contributed by atoms with Crippen molar-refractivity contribution in [1.29, 1.82) is 0 Å². The first-order valence-electron chi connectivity index (χ1n) is 7.91. The average molecular weight is 274 g/mol. The lowest BCUT2D eigenvalue weighted by Crippen LogP contribution is -2.36. The van der Waals surface area contributed by atoms with Crippen LogP contribution in [0.2, 0.25) is 0 Å². The lowest BCUT2D eigenvalue weighted by Gasteiger charge is -2.33. The molecule has 0 radical (unpaired) electrons. The molecule has 1 fully saturated rings. The highest BCUT2D eigenvalue weighted by atomic mass is 15.1. The predicted molar refractivity (Wildman–Crippen MR) is 88.4 cm³/mol. The Morgan fingerprint density at radius 2 is 1.95 bits per heavy atom. The van der Waals surface area contributed by atoms with Crippen molar-refractivity contribution in [3.63, 3.8) is 0 Å². The van der Waals surface area contributed by atoms with Gasteiger partial charge in [-0.25, -0.2) is 0 Å². The highest BCUT2D eigenvalue weighted by Crippen LogP contribution is 2.30. The molecule has 0 heterocycles. The smallest absolute Gasteiger partial charge is 0.0409 e. The van der Waals surface area contributed by atoms with E-state index in [-0.39, 0.29) is 5.54 Å². The third kappa shape index (κ3) is 4.24. The number of nitrogens with one attached hydrogen (secondary N) is 1. The quantitative estimate of drug-likeness (QED) is 0.869. The molecule has 20 heavy (non-hydrogen) atoms. The Kier molecular flexibility index (Phi) is 4.74. The van der Waals surface area contributed by atoms with Gasteiger partial charge in [0, 0.05) is 31.4 Å². The van der Waals surface area contributed by atoms with Gasteiger partial charge >= 0.3 is 0 Å². The molecule has 2 heteroatoms. The molecule has 0 saturated heterocycles. The summed E-state index contributed by atoms with van der Waals surface area (Å²) < 4.78 is 0. The zero-order valence-corrected chi connectivity index (χ0v) is 13.8. The molecule has 1 aromatic carbocycles. The number of hydrogen-bond acceptors (Lipinski definition) is 2. The van der Waals surface area contributed by atoms with Crippen molar-refractivity contribution >= 4 is 5.69 Å². The van der Waals surface area contributed by atoms with Gasteiger partial charge in [-0.1, -0.05) is 24.1 Å². The Morgan fingerprint density at radius 3 is 2.50 bits per heavy atom. The molecule has 0 aliphatic heterocycles. The second kappa shape index (κ2) is 6.17. The zero-order chi connectivity index (χ0) is 14.8. The van der Waals surface area contributed by atoms with E-state index >= 15 is 0 Å². The minimum absolute atomic E-state index is 0.160. The topological polar surface area (TPSA) is 15.3 Å². The van der Waals surface area contributed by atoms with E-state index in [2.05, 4.69) is 63.2 Å². The fraction of sp³-hybridized carbons (Fsp3) is 0.667. The Morgan fingerprint density at radius 1 is 1.25 bits per heavy atom. The van der Waals surface area contributed by atoms with E-state index in [0.717, 1.165) is 12.5 Å². The number of anilines is 1. The Balaban J connectivity index is 2.09. The summed E-state index contributed by atoms with van der Waals surface area (Å²) in [6.45, 7) is 11.0. The molecular weight excluding hydrogens is 244 g/mol. The molecule has 1 N–H and O–H groups in total. The summed E-state index contributed by atoms with van der Waals surface area (Å²) in [7, 11) is 2.24. The van der Waals surface area contributed by atoms with Crippen LogP contribution in [0, 0.1) is 12.8 Å². The third-order valence-corrected chi connectivity index (χ3v) is 4.21. The van der Waals surface area contributed by atoms with Gasteiger partial charge in [0.15, 0.2) is 0 Å². The molecule has 0 amide bonds. The van der Waals surface area contributed by atoms with Crippen molar-refractivity contribution in [3.05, 3.63) is 29.3 Å². The second-order valence-electron chi connectivity index (χ2n) is 7.41. The fourth-order valence-electron chi connectivity index (χ4n) is 2.75. The summed E-state index contributed by atoms with van der Waals surface area (Å²) in [5.74, 6) is 0.907. The zero-order valence-electron chi connectivity index (χ0n) is 13.8. The van der Waals surface area contributed by atoms with Gasteiger partial charge in [-0.2, -0.15) is 0 Å². The molecule has 2 nitrogen and oxygen atoms in total. The van der Waals surface area contributed by atoms with Crippen molar-refractivity contribution < 1.29 is 0 Å². The van der Waals surface area contributed by atoms with Gasteiger partial charge in [0.1, 0.15) is 0 Å². The highest BCUT2D eigenvalue weighted by Gasteiger charge is 2.20. The minimum Gasteiger partial charge on any atom is -0.374 e. The maximum absolute atomic E-state index is 3.62. The number of nitrogens with zero attached hydrogens (tertiary/aromatic N) is 1. The first-order chi connectivity index (χ1) is 9.35. The van der Waals surface area contributed by atoms with Gasteiger partial charge in [0.05, 0.1) is 0 Å². The summed E-state index contributed by atoms with van der Waals surface area (Å²) in [5, 5.41) is 3.62. The molecule has 1 saturated carbocycles. The first kappa shape index (κ1) is 15.4. The second-order valence-corrected chi connectivity index (χ2v) is 7.41. The molecule has 0 aromatic heterocycles. The highest BCUT2D eigenvalue weighted by molar-refractivity contribution is 5.54. The van der Waals surface area contributed by atoms with Crippen molar-refractivity contribution in [2.75, 3.05) is 18.5 Å². The maximum Gasteiger partial charge on any atom is 0.0409 e. The van der Waals surface area contributed by atoms with Crippen LogP contribution in [0.1, 0.15) is 51.2 Å². The van der Waals surface area contributed by atoms with Crippen LogP contribution in [-0.2, 0) is 6.54 Å². The van der Waals surface area contributed by atoms with Gasteiger partial charge in [-0.3, -0.25) is 0 Å². The molecule has 112 valence electrons. The molecule has 0 unspecified atom stereocenters. The van der Waals surface area contributed by atoms with Crippen molar-refractivity contribution in [2.24, 2.45) is 5.92 Å². The summed E-state index contributed by atoms with van der Waals surface area (Å²) >= 11 is 0. The number of aryl methyl sites for hydroxylation is 1. The average Bonchev–Trinajstić information content (AvgIpc) is 2.30. The summed E-state index contributed by atoms with van der Waals surface area (Å²) in [5.41, 5.74) is 4.31. The van der Waals surface area contributed by atoms with Gasteiger partial charge in [0.2, 0.25) is 0 Å². The van der Waals surface area contributed by atoms with Crippen LogP contribution in [0.15, 0.2) is 18.2 Å². The lowest BCUT2D eigenvalue weighted by atomic mass is 9.85. The molecule has 2 rings (SSSR count). The fourth-order valence-corrected chi connectivity index (χ4v) is 2.75. The van der Waals surface area contributed by atoms with E-state index in [1.165, 1.54) is 42.6 Å². The summed E-state index contributed by atoms with van der Waals surface area (Å²) in [6.07, 6.45) is 4.24. The van der Waals surface area contributed by atoms with E-state index in [1.807, 2.05) is 0 Å². The number of benzene rings is 1. The van der Waals surface area contributed by atoms with E-state index in [1.54, 1.807) is 0 Å². The Labute approximate surface area is 124 Å². The summed E-state index contributed by atoms with van der Waals surface area (Å²) in [6, 6.07) is 6.84. The first-order valence-corrected chi connectivity index (χ1v) is 7.91. The normalized spacial score (nSPS) is 16.1. The molecule has 0 bridgehead atoms. The van der Waals surface area contributed by atoms with Gasteiger partial charge < -0.3 is 10.2 Å². The van der Waals surface area contributed by atoms with Crippen LogP contribution in [0.4, 0.5) is 5.69 Å².